The topological polar surface area (TPSA) is 32.3 Å². The third-order valence-electron chi connectivity index (χ3n) is 3.07. The molecule has 0 bridgehead atoms. The van der Waals surface area contributed by atoms with E-state index < -0.39 is 11.9 Å². The van der Waals surface area contributed by atoms with Crippen molar-refractivity contribution >= 4 is 11.6 Å². The molecule has 0 aromatic heterocycles. The van der Waals surface area contributed by atoms with E-state index in [2.05, 4.69) is 5.32 Å². The van der Waals surface area contributed by atoms with Crippen LogP contribution in [0.3, 0.4) is 0 Å². The molecule has 1 aliphatic rings. The Labute approximate surface area is 99.4 Å². The fraction of sp³-hybridized carbons (Fsp3) is 0.500. The minimum absolute atomic E-state index is 0.0697. The highest BCUT2D eigenvalue weighted by Gasteiger charge is 2.23. The number of benzene rings is 1. The maximum absolute atomic E-state index is 13.0. The number of piperidine rings is 1. The van der Waals surface area contributed by atoms with Crippen molar-refractivity contribution in [1.82, 2.24) is 5.32 Å². The average molecular weight is 244 g/mol. The molecule has 1 heterocycles. The van der Waals surface area contributed by atoms with Gasteiger partial charge in [0, 0.05) is 12.5 Å². The minimum atomic E-state index is -0.564. The molecule has 1 aromatic carbocycles. The number of hydrogen-bond donors (Lipinski definition) is 2. The fourth-order valence-electron chi connectivity index (χ4n) is 2.12. The molecule has 0 saturated carbocycles. The molecule has 0 spiro atoms. The molecule has 1 fully saturated rings. The van der Waals surface area contributed by atoms with Crippen LogP contribution in [0.1, 0.15) is 24.5 Å². The van der Waals surface area contributed by atoms with Crippen LogP contribution < -0.4 is 5.32 Å². The molecule has 1 aromatic rings. The van der Waals surface area contributed by atoms with Crippen molar-refractivity contribution in [3.63, 3.8) is 0 Å². The van der Waals surface area contributed by atoms with E-state index in [1.165, 1.54) is 12.1 Å². The van der Waals surface area contributed by atoms with Gasteiger partial charge < -0.3 is 10.4 Å². The Balaban J connectivity index is 2.12. The van der Waals surface area contributed by atoms with Crippen molar-refractivity contribution < 1.29 is 9.50 Å². The summed E-state index contributed by atoms with van der Waals surface area (Å²) >= 11 is 5.70. The van der Waals surface area contributed by atoms with Crippen LogP contribution in [0.25, 0.3) is 0 Å². The van der Waals surface area contributed by atoms with Crippen LogP contribution in [0.15, 0.2) is 18.2 Å². The fourth-order valence-corrected chi connectivity index (χ4v) is 2.31. The van der Waals surface area contributed by atoms with Gasteiger partial charge in [0.25, 0.3) is 0 Å². The summed E-state index contributed by atoms with van der Waals surface area (Å²) in [6, 6.07) is 4.41. The molecular formula is C12H15ClFNO. The molecule has 1 aliphatic heterocycles. The summed E-state index contributed by atoms with van der Waals surface area (Å²) in [6.45, 7) is 1.81. The number of halogens is 2. The zero-order valence-corrected chi connectivity index (χ0v) is 9.67. The molecule has 16 heavy (non-hydrogen) atoms. The molecule has 2 rings (SSSR count). The Kier molecular flexibility index (Phi) is 3.79. The van der Waals surface area contributed by atoms with E-state index in [-0.39, 0.29) is 10.9 Å². The Morgan fingerprint density at radius 3 is 2.94 bits per heavy atom. The van der Waals surface area contributed by atoms with Gasteiger partial charge in [0.15, 0.2) is 0 Å². The molecule has 1 saturated heterocycles. The summed E-state index contributed by atoms with van der Waals surface area (Å²) in [5.74, 6) is -0.255. The highest BCUT2D eigenvalue weighted by molar-refractivity contribution is 6.30. The molecule has 2 nitrogen and oxygen atoms in total. The van der Waals surface area contributed by atoms with Gasteiger partial charge in [-0.05, 0) is 37.1 Å². The van der Waals surface area contributed by atoms with Crippen molar-refractivity contribution in [1.29, 1.82) is 0 Å². The normalized spacial score (nSPS) is 23.1. The Morgan fingerprint density at radius 2 is 2.31 bits per heavy atom. The highest BCUT2D eigenvalue weighted by atomic mass is 35.5. The van der Waals surface area contributed by atoms with Gasteiger partial charge in [0.2, 0.25) is 0 Å². The lowest BCUT2D eigenvalue weighted by Gasteiger charge is -2.27. The van der Waals surface area contributed by atoms with Gasteiger partial charge in [0.1, 0.15) is 5.82 Å². The van der Waals surface area contributed by atoms with Crippen LogP contribution in [0, 0.1) is 11.7 Å². The molecule has 2 atom stereocenters. The molecule has 2 N–H and O–H groups in total. The van der Waals surface area contributed by atoms with Crippen LogP contribution in [0.5, 0.6) is 0 Å². The van der Waals surface area contributed by atoms with Gasteiger partial charge >= 0.3 is 0 Å². The molecule has 4 heteroatoms. The summed E-state index contributed by atoms with van der Waals surface area (Å²) in [5, 5.41) is 13.5. The van der Waals surface area contributed by atoms with Gasteiger partial charge in [-0.15, -0.1) is 0 Å². The lowest BCUT2D eigenvalue weighted by Crippen LogP contribution is -2.33. The number of aliphatic hydroxyl groups is 1. The first kappa shape index (κ1) is 11.8. The van der Waals surface area contributed by atoms with E-state index in [0.717, 1.165) is 25.9 Å². The number of aliphatic hydroxyl groups excluding tert-OH is 1. The Morgan fingerprint density at radius 1 is 1.50 bits per heavy atom. The van der Waals surface area contributed by atoms with Crippen LogP contribution in [-0.4, -0.2) is 18.2 Å². The predicted octanol–water partition coefficient (Wildman–Crippen LogP) is 2.51. The van der Waals surface area contributed by atoms with Crippen LogP contribution in [0.2, 0.25) is 5.02 Å². The van der Waals surface area contributed by atoms with Crippen LogP contribution >= 0.6 is 11.6 Å². The summed E-state index contributed by atoms with van der Waals surface area (Å²) in [4.78, 5) is 0. The van der Waals surface area contributed by atoms with E-state index >= 15 is 0 Å². The second-order valence-electron chi connectivity index (χ2n) is 4.22. The van der Waals surface area contributed by atoms with Crippen LogP contribution in [-0.2, 0) is 0 Å². The molecule has 0 amide bonds. The first-order valence-corrected chi connectivity index (χ1v) is 5.90. The first-order valence-electron chi connectivity index (χ1n) is 5.52. The van der Waals surface area contributed by atoms with Gasteiger partial charge in [-0.1, -0.05) is 17.7 Å². The number of nitrogens with one attached hydrogen (secondary N) is 1. The van der Waals surface area contributed by atoms with Crippen LogP contribution in [0.4, 0.5) is 4.39 Å². The SMILES string of the molecule is OC(c1ccc(F)c(Cl)c1)C1CCCNC1. The number of hydrogen-bond acceptors (Lipinski definition) is 2. The Bertz CT molecular complexity index is 366. The maximum atomic E-state index is 13.0. The molecule has 0 aliphatic carbocycles. The van der Waals surface area contributed by atoms with E-state index in [4.69, 9.17) is 11.6 Å². The standard InChI is InChI=1S/C12H15ClFNO/c13-10-6-8(3-4-11(10)14)12(16)9-2-1-5-15-7-9/h3-4,6,9,12,15-16H,1-2,5,7H2. The minimum Gasteiger partial charge on any atom is -0.388 e. The average Bonchev–Trinajstić information content (AvgIpc) is 2.33. The van der Waals surface area contributed by atoms with Gasteiger partial charge in [-0.25, -0.2) is 4.39 Å². The smallest absolute Gasteiger partial charge is 0.141 e. The predicted molar refractivity (Wildman–Crippen MR) is 62.0 cm³/mol. The monoisotopic (exact) mass is 243 g/mol. The Hall–Kier alpha value is -0.640. The third kappa shape index (κ3) is 2.54. The summed E-state index contributed by atoms with van der Waals surface area (Å²) in [5.41, 5.74) is 0.695. The quantitative estimate of drug-likeness (QED) is 0.837. The van der Waals surface area contributed by atoms with Crippen molar-refractivity contribution in [2.45, 2.75) is 18.9 Å². The van der Waals surface area contributed by atoms with E-state index in [0.29, 0.717) is 5.56 Å². The maximum Gasteiger partial charge on any atom is 0.141 e. The van der Waals surface area contributed by atoms with Gasteiger partial charge in [0.05, 0.1) is 11.1 Å². The van der Waals surface area contributed by atoms with Gasteiger partial charge in [-0.2, -0.15) is 0 Å². The molecular weight excluding hydrogens is 229 g/mol. The van der Waals surface area contributed by atoms with E-state index in [1.807, 2.05) is 0 Å². The van der Waals surface area contributed by atoms with Crippen molar-refractivity contribution in [2.75, 3.05) is 13.1 Å². The largest absolute Gasteiger partial charge is 0.388 e. The molecule has 2 unspecified atom stereocenters. The number of rotatable bonds is 2. The second kappa shape index (κ2) is 5.13. The van der Waals surface area contributed by atoms with Crippen molar-refractivity contribution in [2.24, 2.45) is 5.92 Å². The zero-order chi connectivity index (χ0) is 11.5. The summed E-state index contributed by atoms with van der Waals surface area (Å²) in [6.07, 6.45) is 1.49. The lowest BCUT2D eigenvalue weighted by atomic mass is 9.89. The molecule has 0 radical (unpaired) electrons. The zero-order valence-electron chi connectivity index (χ0n) is 8.92. The van der Waals surface area contributed by atoms with Gasteiger partial charge in [-0.3, -0.25) is 0 Å². The van der Waals surface area contributed by atoms with E-state index in [1.54, 1.807) is 6.07 Å². The highest BCUT2D eigenvalue weighted by Crippen LogP contribution is 2.29. The summed E-state index contributed by atoms with van der Waals surface area (Å²) < 4.78 is 13.0. The lowest BCUT2D eigenvalue weighted by molar-refractivity contribution is 0.0921. The first-order chi connectivity index (χ1) is 7.68. The van der Waals surface area contributed by atoms with Crippen molar-refractivity contribution in [3.05, 3.63) is 34.6 Å². The summed E-state index contributed by atoms with van der Waals surface area (Å²) in [7, 11) is 0. The third-order valence-corrected chi connectivity index (χ3v) is 3.36. The molecule has 88 valence electrons. The second-order valence-corrected chi connectivity index (χ2v) is 4.63. The van der Waals surface area contributed by atoms with E-state index in [9.17, 15) is 9.50 Å². The van der Waals surface area contributed by atoms with Crippen molar-refractivity contribution in [3.8, 4) is 0 Å².